The summed E-state index contributed by atoms with van der Waals surface area (Å²) in [5, 5.41) is 3.31. The van der Waals surface area contributed by atoms with Crippen LogP contribution in [0.15, 0.2) is 0 Å². The van der Waals surface area contributed by atoms with E-state index in [0.717, 1.165) is 12.0 Å². The predicted molar refractivity (Wildman–Crippen MR) is 71.8 cm³/mol. The molecule has 0 aromatic carbocycles. The van der Waals surface area contributed by atoms with Gasteiger partial charge < -0.3 is 10.2 Å². The van der Waals surface area contributed by atoms with Crippen LogP contribution in [0, 0.1) is 5.92 Å². The second-order valence-corrected chi connectivity index (χ2v) is 5.81. The maximum Gasteiger partial charge on any atom is 0.00965 e. The van der Waals surface area contributed by atoms with E-state index in [-0.39, 0.29) is 0 Å². The summed E-state index contributed by atoms with van der Waals surface area (Å²) < 4.78 is 0. The van der Waals surface area contributed by atoms with Crippen molar-refractivity contribution < 1.29 is 0 Å². The molecule has 1 rings (SSSR count). The van der Waals surface area contributed by atoms with Crippen LogP contribution in [0.2, 0.25) is 0 Å². The van der Waals surface area contributed by atoms with E-state index in [4.69, 9.17) is 0 Å². The summed E-state index contributed by atoms with van der Waals surface area (Å²) in [6.45, 7) is 9.55. The van der Waals surface area contributed by atoms with Crippen molar-refractivity contribution in [2.75, 3.05) is 20.1 Å². The predicted octanol–water partition coefficient (Wildman–Crippen LogP) is 2.89. The van der Waals surface area contributed by atoms with Crippen LogP contribution in [0.25, 0.3) is 0 Å². The van der Waals surface area contributed by atoms with Gasteiger partial charge in [-0.3, -0.25) is 0 Å². The van der Waals surface area contributed by atoms with Crippen LogP contribution < -0.4 is 5.32 Å². The van der Waals surface area contributed by atoms with Gasteiger partial charge in [0.15, 0.2) is 0 Å². The fourth-order valence-electron chi connectivity index (χ4n) is 2.24. The highest BCUT2D eigenvalue weighted by atomic mass is 15.2. The average molecular weight is 226 g/mol. The molecule has 16 heavy (non-hydrogen) atoms. The first-order valence-corrected chi connectivity index (χ1v) is 7.04. The Kier molecular flexibility index (Phi) is 6.37. The maximum atomic E-state index is 3.31. The molecule has 0 aromatic rings. The minimum absolute atomic E-state index is 0.680. The fourth-order valence-corrected chi connectivity index (χ4v) is 2.24. The van der Waals surface area contributed by atoms with Crippen molar-refractivity contribution in [1.82, 2.24) is 10.2 Å². The van der Waals surface area contributed by atoms with Gasteiger partial charge in [0.2, 0.25) is 0 Å². The smallest absolute Gasteiger partial charge is 0.00965 e. The van der Waals surface area contributed by atoms with Crippen LogP contribution in [0.5, 0.6) is 0 Å². The highest BCUT2D eigenvalue weighted by Crippen LogP contribution is 2.27. The number of rotatable bonds is 9. The van der Waals surface area contributed by atoms with E-state index >= 15 is 0 Å². The van der Waals surface area contributed by atoms with E-state index in [0.29, 0.717) is 6.04 Å². The summed E-state index contributed by atoms with van der Waals surface area (Å²) in [5.41, 5.74) is 0. The second kappa shape index (κ2) is 7.29. The third-order valence-corrected chi connectivity index (χ3v) is 3.49. The molecule has 1 aliphatic rings. The van der Waals surface area contributed by atoms with Gasteiger partial charge in [0.25, 0.3) is 0 Å². The highest BCUT2D eigenvalue weighted by molar-refractivity contribution is 4.84. The lowest BCUT2D eigenvalue weighted by molar-refractivity contribution is 0.228. The van der Waals surface area contributed by atoms with Crippen molar-refractivity contribution in [3.8, 4) is 0 Å². The van der Waals surface area contributed by atoms with E-state index in [2.05, 4.69) is 38.0 Å². The van der Waals surface area contributed by atoms with Gasteiger partial charge in [-0.25, -0.2) is 0 Å². The zero-order valence-electron chi connectivity index (χ0n) is 11.6. The van der Waals surface area contributed by atoms with Crippen molar-refractivity contribution in [2.24, 2.45) is 5.92 Å². The number of hydrogen-bond acceptors (Lipinski definition) is 2. The molecule has 0 aromatic heterocycles. The summed E-state index contributed by atoms with van der Waals surface area (Å²) in [6, 6.07) is 1.61. The SMILES string of the molecule is CNC(C)CCCCN(CC(C)C)C1CC1. The van der Waals surface area contributed by atoms with Gasteiger partial charge in [0, 0.05) is 18.6 Å². The molecule has 96 valence electrons. The van der Waals surface area contributed by atoms with Crippen LogP contribution in [0.1, 0.15) is 52.9 Å². The molecule has 1 aliphatic carbocycles. The standard InChI is InChI=1S/C14H30N2/c1-12(2)11-16(14-8-9-14)10-6-5-7-13(3)15-4/h12-15H,5-11H2,1-4H3. The molecule has 2 heteroatoms. The molecule has 0 radical (unpaired) electrons. The van der Waals surface area contributed by atoms with Crippen molar-refractivity contribution >= 4 is 0 Å². The zero-order chi connectivity index (χ0) is 12.0. The van der Waals surface area contributed by atoms with Gasteiger partial charge in [-0.15, -0.1) is 0 Å². The fraction of sp³-hybridized carbons (Fsp3) is 1.00. The van der Waals surface area contributed by atoms with E-state index in [1.807, 2.05) is 0 Å². The minimum atomic E-state index is 0.680. The van der Waals surface area contributed by atoms with Crippen LogP contribution >= 0.6 is 0 Å². The van der Waals surface area contributed by atoms with Crippen LogP contribution in [-0.4, -0.2) is 37.1 Å². The Morgan fingerprint density at radius 2 is 1.88 bits per heavy atom. The lowest BCUT2D eigenvalue weighted by atomic mass is 10.1. The molecule has 1 atom stereocenters. The average Bonchev–Trinajstić information content (AvgIpc) is 3.05. The van der Waals surface area contributed by atoms with Crippen LogP contribution in [0.4, 0.5) is 0 Å². The summed E-state index contributed by atoms with van der Waals surface area (Å²) in [5.74, 6) is 0.817. The summed E-state index contributed by atoms with van der Waals surface area (Å²) in [6.07, 6.45) is 6.94. The molecule has 0 amide bonds. The Balaban J connectivity index is 2.08. The van der Waals surface area contributed by atoms with Crippen molar-refractivity contribution in [3.63, 3.8) is 0 Å². The lowest BCUT2D eigenvalue weighted by Gasteiger charge is -2.24. The molecule has 0 saturated heterocycles. The van der Waals surface area contributed by atoms with Gasteiger partial charge >= 0.3 is 0 Å². The number of unbranched alkanes of at least 4 members (excludes halogenated alkanes) is 1. The van der Waals surface area contributed by atoms with Gasteiger partial charge in [-0.2, -0.15) is 0 Å². The lowest BCUT2D eigenvalue weighted by Crippen LogP contribution is -2.31. The Hall–Kier alpha value is -0.0800. The monoisotopic (exact) mass is 226 g/mol. The third kappa shape index (κ3) is 5.86. The number of hydrogen-bond donors (Lipinski definition) is 1. The zero-order valence-corrected chi connectivity index (χ0v) is 11.6. The molecule has 1 unspecified atom stereocenters. The van der Waals surface area contributed by atoms with Crippen molar-refractivity contribution in [1.29, 1.82) is 0 Å². The summed E-state index contributed by atoms with van der Waals surface area (Å²) >= 11 is 0. The quantitative estimate of drug-likeness (QED) is 0.608. The van der Waals surface area contributed by atoms with Gasteiger partial charge in [-0.1, -0.05) is 20.3 Å². The first-order valence-electron chi connectivity index (χ1n) is 7.04. The van der Waals surface area contributed by atoms with Crippen LogP contribution in [0.3, 0.4) is 0 Å². The minimum Gasteiger partial charge on any atom is -0.317 e. The first kappa shape index (κ1) is 14.0. The van der Waals surface area contributed by atoms with Crippen LogP contribution in [-0.2, 0) is 0 Å². The van der Waals surface area contributed by atoms with Crippen molar-refractivity contribution in [2.45, 2.75) is 65.0 Å². The Morgan fingerprint density at radius 3 is 2.38 bits per heavy atom. The Morgan fingerprint density at radius 1 is 1.19 bits per heavy atom. The van der Waals surface area contributed by atoms with E-state index in [1.54, 1.807) is 0 Å². The second-order valence-electron chi connectivity index (χ2n) is 5.81. The number of nitrogens with one attached hydrogen (secondary N) is 1. The molecule has 0 bridgehead atoms. The van der Waals surface area contributed by atoms with Gasteiger partial charge in [0.1, 0.15) is 0 Å². The molecule has 0 aliphatic heterocycles. The Bertz CT molecular complexity index is 176. The Labute approximate surface area is 102 Å². The molecule has 1 N–H and O–H groups in total. The normalized spacial score (nSPS) is 18.4. The molecular weight excluding hydrogens is 196 g/mol. The van der Waals surface area contributed by atoms with E-state index in [1.165, 1.54) is 45.2 Å². The van der Waals surface area contributed by atoms with E-state index in [9.17, 15) is 0 Å². The maximum absolute atomic E-state index is 3.31. The first-order chi connectivity index (χ1) is 7.63. The summed E-state index contributed by atoms with van der Waals surface area (Å²) in [7, 11) is 2.06. The molecule has 2 nitrogen and oxygen atoms in total. The topological polar surface area (TPSA) is 15.3 Å². The third-order valence-electron chi connectivity index (χ3n) is 3.49. The van der Waals surface area contributed by atoms with E-state index < -0.39 is 0 Å². The van der Waals surface area contributed by atoms with Gasteiger partial charge in [-0.05, 0) is 52.1 Å². The molecular formula is C14H30N2. The highest BCUT2D eigenvalue weighted by Gasteiger charge is 2.28. The summed E-state index contributed by atoms with van der Waals surface area (Å²) in [4.78, 5) is 2.72. The number of nitrogens with zero attached hydrogens (tertiary/aromatic N) is 1. The van der Waals surface area contributed by atoms with Crippen molar-refractivity contribution in [3.05, 3.63) is 0 Å². The molecule has 1 saturated carbocycles. The molecule has 1 fully saturated rings. The largest absolute Gasteiger partial charge is 0.317 e. The van der Waals surface area contributed by atoms with Gasteiger partial charge in [0.05, 0.1) is 0 Å². The molecule has 0 heterocycles. The molecule has 0 spiro atoms.